The molecule has 1 fully saturated rings. The van der Waals surface area contributed by atoms with E-state index in [9.17, 15) is 14.4 Å². The van der Waals surface area contributed by atoms with Crippen molar-refractivity contribution >= 4 is 46.5 Å². The third-order valence-electron chi connectivity index (χ3n) is 3.54. The summed E-state index contributed by atoms with van der Waals surface area (Å²) in [4.78, 5) is 37.7. The third-order valence-corrected chi connectivity index (χ3v) is 4.69. The number of imide groups is 1. The highest BCUT2D eigenvalue weighted by Gasteiger charge is 2.34. The van der Waals surface area contributed by atoms with Gasteiger partial charge in [0.1, 0.15) is 19.5 Å². The first-order chi connectivity index (χ1) is 12.5. The van der Waals surface area contributed by atoms with Crippen molar-refractivity contribution in [2.45, 2.75) is 0 Å². The number of rotatable bonds is 5. The van der Waals surface area contributed by atoms with Gasteiger partial charge in [-0.05, 0) is 35.5 Å². The molecule has 26 heavy (non-hydrogen) atoms. The molecule has 0 aromatic heterocycles. The summed E-state index contributed by atoms with van der Waals surface area (Å²) in [5, 5.41) is 2.81. The summed E-state index contributed by atoms with van der Waals surface area (Å²) in [6, 6.07) is 6.94. The average molecular weight is 395 g/mol. The van der Waals surface area contributed by atoms with Gasteiger partial charge in [-0.3, -0.25) is 19.3 Å². The Balaban J connectivity index is 1.56. The largest absolute Gasteiger partial charge is 0.494 e. The second-order valence-corrected chi connectivity index (χ2v) is 6.77. The van der Waals surface area contributed by atoms with E-state index in [2.05, 4.69) is 5.32 Å². The van der Waals surface area contributed by atoms with E-state index in [0.29, 0.717) is 23.1 Å². The second kappa shape index (κ2) is 8.29. The normalized spacial score (nSPS) is 18.4. The van der Waals surface area contributed by atoms with Crippen LogP contribution in [0, 0.1) is 0 Å². The van der Waals surface area contributed by atoms with Crippen LogP contribution in [0.25, 0.3) is 6.08 Å². The van der Waals surface area contributed by atoms with Crippen LogP contribution in [0.2, 0.25) is 5.02 Å². The van der Waals surface area contributed by atoms with E-state index in [1.54, 1.807) is 30.3 Å². The Morgan fingerprint density at radius 3 is 2.73 bits per heavy atom. The molecular weight excluding hydrogens is 380 g/mol. The van der Waals surface area contributed by atoms with Gasteiger partial charge >= 0.3 is 0 Å². The minimum atomic E-state index is -0.451. The van der Waals surface area contributed by atoms with E-state index in [1.165, 1.54) is 6.26 Å². The molecule has 0 radical (unpaired) electrons. The smallest absolute Gasteiger partial charge is 0.293 e. The van der Waals surface area contributed by atoms with E-state index < -0.39 is 5.91 Å². The van der Waals surface area contributed by atoms with Crippen molar-refractivity contribution in [2.75, 3.05) is 26.3 Å². The maximum absolute atomic E-state index is 12.4. The molecule has 7 nitrogen and oxygen atoms in total. The van der Waals surface area contributed by atoms with Gasteiger partial charge in [0.05, 0.1) is 4.91 Å². The average Bonchev–Trinajstić information content (AvgIpc) is 2.91. The van der Waals surface area contributed by atoms with Crippen molar-refractivity contribution in [1.29, 1.82) is 0 Å². The Morgan fingerprint density at radius 2 is 2.04 bits per heavy atom. The van der Waals surface area contributed by atoms with Crippen LogP contribution in [0.1, 0.15) is 5.56 Å². The van der Waals surface area contributed by atoms with Crippen LogP contribution in [0.5, 0.6) is 0 Å². The monoisotopic (exact) mass is 394 g/mol. The van der Waals surface area contributed by atoms with Gasteiger partial charge in [0.15, 0.2) is 0 Å². The van der Waals surface area contributed by atoms with Crippen LogP contribution < -0.4 is 5.32 Å². The van der Waals surface area contributed by atoms with E-state index in [-0.39, 0.29) is 30.0 Å². The molecule has 0 spiro atoms. The molecule has 2 aliphatic heterocycles. The highest BCUT2D eigenvalue weighted by atomic mass is 35.5. The maximum atomic E-state index is 12.4. The van der Waals surface area contributed by atoms with E-state index in [4.69, 9.17) is 21.1 Å². The zero-order valence-corrected chi connectivity index (χ0v) is 15.1. The molecule has 136 valence electrons. The summed E-state index contributed by atoms with van der Waals surface area (Å²) in [5.41, 5.74) is 0.773. The summed E-state index contributed by atoms with van der Waals surface area (Å²) in [6.45, 7) is 0.889. The first-order valence-corrected chi connectivity index (χ1v) is 8.98. The molecule has 1 N–H and O–H groups in total. The number of nitrogens with zero attached hydrogens (tertiary/aromatic N) is 1. The SMILES string of the molecule is O=C(NCCN1C(=O)SC(=Cc2ccc(Cl)cc2)C1=O)C1=COCCO1. The van der Waals surface area contributed by atoms with E-state index in [0.717, 1.165) is 22.2 Å². The lowest BCUT2D eigenvalue weighted by atomic mass is 10.2. The van der Waals surface area contributed by atoms with Gasteiger partial charge in [-0.15, -0.1) is 0 Å². The van der Waals surface area contributed by atoms with Gasteiger partial charge in [0, 0.05) is 18.1 Å². The summed E-state index contributed by atoms with van der Waals surface area (Å²) in [6.07, 6.45) is 2.88. The molecule has 2 heterocycles. The lowest BCUT2D eigenvalue weighted by Crippen LogP contribution is -2.38. The number of nitrogens with one attached hydrogen (secondary N) is 1. The fourth-order valence-electron chi connectivity index (χ4n) is 2.26. The van der Waals surface area contributed by atoms with Crippen molar-refractivity contribution < 1.29 is 23.9 Å². The van der Waals surface area contributed by atoms with Crippen molar-refractivity contribution in [1.82, 2.24) is 10.2 Å². The first-order valence-electron chi connectivity index (χ1n) is 7.78. The predicted molar refractivity (Wildman–Crippen MR) is 97.1 cm³/mol. The molecule has 2 aliphatic rings. The fraction of sp³-hybridized carbons (Fsp3) is 0.235. The number of carbonyl (C=O) groups is 3. The molecule has 0 atom stereocenters. The van der Waals surface area contributed by atoms with Gasteiger partial charge < -0.3 is 14.8 Å². The number of thioether (sulfide) groups is 1. The van der Waals surface area contributed by atoms with Crippen LogP contribution in [0.15, 0.2) is 41.2 Å². The molecule has 0 aliphatic carbocycles. The van der Waals surface area contributed by atoms with Crippen LogP contribution in [0.3, 0.4) is 0 Å². The number of ether oxygens (including phenoxy) is 2. The number of hydrogen-bond acceptors (Lipinski definition) is 6. The molecule has 0 bridgehead atoms. The lowest BCUT2D eigenvalue weighted by molar-refractivity contribution is -0.124. The number of halogens is 1. The van der Waals surface area contributed by atoms with Crippen molar-refractivity contribution in [3.8, 4) is 0 Å². The van der Waals surface area contributed by atoms with Gasteiger partial charge in [0.25, 0.3) is 17.1 Å². The Hall–Kier alpha value is -2.45. The lowest BCUT2D eigenvalue weighted by Gasteiger charge is -2.16. The quantitative estimate of drug-likeness (QED) is 0.772. The molecule has 3 amide bonds. The zero-order chi connectivity index (χ0) is 18.5. The second-order valence-electron chi connectivity index (χ2n) is 5.34. The summed E-state index contributed by atoms with van der Waals surface area (Å²) < 4.78 is 10.2. The molecular formula is C17H15ClN2O5S. The minimum absolute atomic E-state index is 0.0719. The number of carbonyl (C=O) groups excluding carboxylic acids is 3. The van der Waals surface area contributed by atoms with Gasteiger partial charge in [-0.1, -0.05) is 23.7 Å². The number of amides is 3. The summed E-state index contributed by atoms with van der Waals surface area (Å²) >= 11 is 6.70. The highest BCUT2D eigenvalue weighted by Crippen LogP contribution is 2.32. The topological polar surface area (TPSA) is 84.9 Å². The number of hydrogen-bond donors (Lipinski definition) is 1. The van der Waals surface area contributed by atoms with Gasteiger partial charge in [-0.25, -0.2) is 0 Å². The Labute approximate surface area is 159 Å². The Kier molecular flexibility index (Phi) is 5.85. The molecule has 9 heteroatoms. The van der Waals surface area contributed by atoms with Crippen LogP contribution in [-0.4, -0.2) is 48.3 Å². The van der Waals surface area contributed by atoms with Crippen molar-refractivity contribution in [3.63, 3.8) is 0 Å². The molecule has 3 rings (SSSR count). The highest BCUT2D eigenvalue weighted by molar-refractivity contribution is 8.18. The van der Waals surface area contributed by atoms with Crippen molar-refractivity contribution in [2.24, 2.45) is 0 Å². The molecule has 0 unspecified atom stereocenters. The molecule has 1 aromatic carbocycles. The van der Waals surface area contributed by atoms with E-state index >= 15 is 0 Å². The van der Waals surface area contributed by atoms with Crippen LogP contribution in [0.4, 0.5) is 4.79 Å². The fourth-order valence-corrected chi connectivity index (χ4v) is 3.25. The van der Waals surface area contributed by atoms with Crippen molar-refractivity contribution in [3.05, 3.63) is 51.8 Å². The van der Waals surface area contributed by atoms with Gasteiger partial charge in [-0.2, -0.15) is 0 Å². The van der Waals surface area contributed by atoms with E-state index in [1.807, 2.05) is 0 Å². The summed E-state index contributed by atoms with van der Waals surface area (Å²) in [5.74, 6) is -0.762. The third kappa shape index (κ3) is 4.39. The van der Waals surface area contributed by atoms with Crippen LogP contribution in [-0.2, 0) is 19.1 Å². The van der Waals surface area contributed by atoms with Gasteiger partial charge in [0.2, 0.25) is 5.76 Å². The number of benzene rings is 1. The molecule has 1 saturated heterocycles. The maximum Gasteiger partial charge on any atom is 0.293 e. The zero-order valence-electron chi connectivity index (χ0n) is 13.6. The predicted octanol–water partition coefficient (Wildman–Crippen LogP) is 2.38. The minimum Gasteiger partial charge on any atom is -0.494 e. The van der Waals surface area contributed by atoms with Crippen LogP contribution >= 0.6 is 23.4 Å². The first kappa shape index (κ1) is 18.3. The Bertz CT molecular complexity index is 791. The molecule has 0 saturated carbocycles. The summed E-state index contributed by atoms with van der Waals surface area (Å²) in [7, 11) is 0. The standard InChI is InChI=1S/C17H15ClN2O5S/c18-12-3-1-11(2-4-12)9-14-16(22)20(17(23)26-14)6-5-19-15(21)13-10-24-7-8-25-13/h1-4,9-10H,5-8H2,(H,19,21). The Morgan fingerprint density at radius 1 is 1.27 bits per heavy atom. The molecule has 1 aromatic rings.